The van der Waals surface area contributed by atoms with Crippen LogP contribution in [0.3, 0.4) is 0 Å². The molecule has 1 heterocycles. The topological polar surface area (TPSA) is 50.7 Å². The van der Waals surface area contributed by atoms with Crippen LogP contribution < -0.4 is 5.32 Å². The Labute approximate surface area is 111 Å². The molecule has 0 spiro atoms. The molecule has 17 heavy (non-hydrogen) atoms. The molecule has 1 saturated carbocycles. The normalized spacial score (nSPS) is 16.0. The second-order valence-electron chi connectivity index (χ2n) is 5.06. The molecule has 4 nitrogen and oxygen atoms in total. The fourth-order valence-corrected chi connectivity index (χ4v) is 2.45. The first-order valence-corrected chi connectivity index (χ1v) is 7.76. The summed E-state index contributed by atoms with van der Waals surface area (Å²) < 4.78 is 0.119. The van der Waals surface area contributed by atoms with Crippen molar-refractivity contribution < 1.29 is 0 Å². The molecule has 0 saturated heterocycles. The summed E-state index contributed by atoms with van der Waals surface area (Å²) in [5, 5.41) is 4.92. The van der Waals surface area contributed by atoms with Gasteiger partial charge in [0.2, 0.25) is 5.95 Å². The molecule has 1 aliphatic carbocycles. The number of nitrogens with one attached hydrogen (secondary N) is 1. The molecule has 1 N–H and O–H groups in total. The highest BCUT2D eigenvalue weighted by molar-refractivity contribution is 8.00. The molecule has 1 fully saturated rings. The number of aromatic nitrogens is 3. The molecule has 1 aromatic rings. The molecule has 2 rings (SSSR count). The van der Waals surface area contributed by atoms with E-state index in [1.54, 1.807) is 23.5 Å². The van der Waals surface area contributed by atoms with Crippen LogP contribution in [0.25, 0.3) is 0 Å². The Morgan fingerprint density at radius 2 is 1.76 bits per heavy atom. The van der Waals surface area contributed by atoms with Crippen LogP contribution in [-0.4, -0.2) is 32.0 Å². The van der Waals surface area contributed by atoms with Gasteiger partial charge in [-0.15, -0.1) is 0 Å². The maximum Gasteiger partial charge on any atom is 0.227 e. The van der Waals surface area contributed by atoms with Gasteiger partial charge >= 0.3 is 0 Å². The Kier molecular flexibility index (Phi) is 3.82. The smallest absolute Gasteiger partial charge is 0.227 e. The van der Waals surface area contributed by atoms with E-state index in [9.17, 15) is 0 Å². The lowest BCUT2D eigenvalue weighted by Crippen LogP contribution is -2.11. The number of nitrogens with zero attached hydrogens (tertiary/aromatic N) is 3. The summed E-state index contributed by atoms with van der Waals surface area (Å²) in [5.41, 5.74) is 0. The highest BCUT2D eigenvalue weighted by Crippen LogP contribution is 2.31. The molecule has 0 amide bonds. The number of thioether (sulfide) groups is 2. The number of hydrogen-bond donors (Lipinski definition) is 1. The van der Waals surface area contributed by atoms with Crippen LogP contribution in [0, 0.1) is 0 Å². The van der Waals surface area contributed by atoms with Crippen molar-refractivity contribution in [3.05, 3.63) is 0 Å². The zero-order valence-corrected chi connectivity index (χ0v) is 12.3. The van der Waals surface area contributed by atoms with E-state index in [-0.39, 0.29) is 4.75 Å². The average molecular weight is 270 g/mol. The molecule has 0 aromatic carbocycles. The molecule has 0 unspecified atom stereocenters. The lowest BCUT2D eigenvalue weighted by atomic mass is 10.3. The van der Waals surface area contributed by atoms with Crippen LogP contribution >= 0.6 is 23.5 Å². The lowest BCUT2D eigenvalue weighted by Gasteiger charge is -2.16. The average Bonchev–Trinajstić information content (AvgIpc) is 2.98. The third kappa shape index (κ3) is 4.35. The first-order valence-electron chi connectivity index (χ1n) is 5.72. The number of rotatable bonds is 4. The van der Waals surface area contributed by atoms with E-state index in [4.69, 9.17) is 0 Å². The summed E-state index contributed by atoms with van der Waals surface area (Å²) in [6.07, 6.45) is 4.44. The molecule has 1 aliphatic rings. The highest BCUT2D eigenvalue weighted by Gasteiger charge is 2.23. The van der Waals surface area contributed by atoms with Gasteiger partial charge in [-0.1, -0.05) is 44.3 Å². The van der Waals surface area contributed by atoms with E-state index >= 15 is 0 Å². The van der Waals surface area contributed by atoms with Gasteiger partial charge in [-0.05, 0) is 19.1 Å². The summed E-state index contributed by atoms with van der Waals surface area (Å²) in [6, 6.07) is 0.569. The van der Waals surface area contributed by atoms with Crippen molar-refractivity contribution in [1.82, 2.24) is 15.0 Å². The van der Waals surface area contributed by atoms with E-state index in [1.807, 2.05) is 6.26 Å². The third-order valence-corrected chi connectivity index (χ3v) is 3.61. The van der Waals surface area contributed by atoms with Crippen LogP contribution in [0.15, 0.2) is 10.3 Å². The second-order valence-corrected chi connectivity index (χ2v) is 7.63. The predicted molar refractivity (Wildman–Crippen MR) is 73.9 cm³/mol. The molecular weight excluding hydrogens is 252 g/mol. The third-order valence-electron chi connectivity index (χ3n) is 2.08. The molecule has 0 aliphatic heterocycles. The van der Waals surface area contributed by atoms with Crippen molar-refractivity contribution in [3.63, 3.8) is 0 Å². The van der Waals surface area contributed by atoms with Crippen molar-refractivity contribution >= 4 is 29.5 Å². The minimum Gasteiger partial charge on any atom is -0.351 e. The van der Waals surface area contributed by atoms with Gasteiger partial charge in [0.25, 0.3) is 0 Å². The number of anilines is 1. The summed E-state index contributed by atoms with van der Waals surface area (Å²) in [4.78, 5) is 13.3. The summed E-state index contributed by atoms with van der Waals surface area (Å²) >= 11 is 3.23. The molecular formula is C11H18N4S2. The Balaban J connectivity index is 2.18. The van der Waals surface area contributed by atoms with Gasteiger partial charge in [0, 0.05) is 10.8 Å². The standard InChI is InChI=1S/C11H18N4S2/c1-11(2,3)17-10-14-8(12-7-5-6-7)13-9(15-10)16-4/h7H,5-6H2,1-4H3,(H,12,13,14,15). The minimum absolute atomic E-state index is 0.119. The Bertz CT molecular complexity index is 399. The lowest BCUT2D eigenvalue weighted by molar-refractivity contribution is 0.763. The molecule has 6 heteroatoms. The summed E-state index contributed by atoms with van der Waals surface area (Å²) in [6.45, 7) is 6.48. The van der Waals surface area contributed by atoms with E-state index in [0.29, 0.717) is 6.04 Å². The van der Waals surface area contributed by atoms with E-state index in [0.717, 1.165) is 16.3 Å². The van der Waals surface area contributed by atoms with Gasteiger partial charge in [-0.3, -0.25) is 0 Å². The first kappa shape index (κ1) is 13.0. The minimum atomic E-state index is 0.119. The molecule has 1 aromatic heterocycles. The Hall–Kier alpha value is -0.490. The maximum atomic E-state index is 4.46. The van der Waals surface area contributed by atoms with Crippen molar-refractivity contribution in [1.29, 1.82) is 0 Å². The first-order chi connectivity index (χ1) is 7.96. The highest BCUT2D eigenvalue weighted by atomic mass is 32.2. The van der Waals surface area contributed by atoms with Crippen molar-refractivity contribution in [2.24, 2.45) is 0 Å². The molecule has 94 valence electrons. The molecule has 0 atom stereocenters. The van der Waals surface area contributed by atoms with Gasteiger partial charge in [0.05, 0.1) is 0 Å². The molecule has 0 radical (unpaired) electrons. The summed E-state index contributed by atoms with van der Waals surface area (Å²) in [5.74, 6) is 0.721. The largest absolute Gasteiger partial charge is 0.351 e. The van der Waals surface area contributed by atoms with E-state index in [2.05, 4.69) is 41.0 Å². The van der Waals surface area contributed by atoms with Gasteiger partial charge in [0.1, 0.15) is 0 Å². The zero-order chi connectivity index (χ0) is 12.5. The van der Waals surface area contributed by atoms with Crippen LogP contribution in [0.4, 0.5) is 5.95 Å². The van der Waals surface area contributed by atoms with Gasteiger partial charge < -0.3 is 5.32 Å². The van der Waals surface area contributed by atoms with Crippen LogP contribution in [0.1, 0.15) is 33.6 Å². The van der Waals surface area contributed by atoms with Crippen molar-refractivity contribution in [3.8, 4) is 0 Å². The van der Waals surface area contributed by atoms with E-state index < -0.39 is 0 Å². The van der Waals surface area contributed by atoms with Crippen LogP contribution in [0.5, 0.6) is 0 Å². The summed E-state index contributed by atoms with van der Waals surface area (Å²) in [7, 11) is 0. The predicted octanol–water partition coefficient (Wildman–Crippen LogP) is 3.06. The second kappa shape index (κ2) is 5.02. The quantitative estimate of drug-likeness (QED) is 0.849. The van der Waals surface area contributed by atoms with Crippen LogP contribution in [-0.2, 0) is 0 Å². The fraction of sp³-hybridized carbons (Fsp3) is 0.727. The van der Waals surface area contributed by atoms with Gasteiger partial charge in [0.15, 0.2) is 10.3 Å². The van der Waals surface area contributed by atoms with Gasteiger partial charge in [-0.25, -0.2) is 0 Å². The van der Waals surface area contributed by atoms with Gasteiger partial charge in [-0.2, -0.15) is 15.0 Å². The number of hydrogen-bond acceptors (Lipinski definition) is 6. The maximum absolute atomic E-state index is 4.46. The van der Waals surface area contributed by atoms with Crippen molar-refractivity contribution in [2.75, 3.05) is 11.6 Å². The Morgan fingerprint density at radius 1 is 1.12 bits per heavy atom. The van der Waals surface area contributed by atoms with Crippen molar-refractivity contribution in [2.45, 2.75) is 54.7 Å². The zero-order valence-electron chi connectivity index (χ0n) is 10.6. The van der Waals surface area contributed by atoms with Crippen LogP contribution in [0.2, 0.25) is 0 Å². The fourth-order valence-electron chi connectivity index (χ4n) is 1.22. The van der Waals surface area contributed by atoms with E-state index in [1.165, 1.54) is 12.8 Å². The SMILES string of the molecule is CSc1nc(NC2CC2)nc(SC(C)(C)C)n1. The molecule has 0 bridgehead atoms. The monoisotopic (exact) mass is 270 g/mol. The Morgan fingerprint density at radius 3 is 2.29 bits per heavy atom.